The number of hydrogen-bond acceptors (Lipinski definition) is 3. The van der Waals surface area contributed by atoms with Gasteiger partial charge in [0.25, 0.3) is 0 Å². The maximum atomic E-state index is 12.1. The van der Waals surface area contributed by atoms with Crippen molar-refractivity contribution in [3.05, 3.63) is 35.4 Å². The first-order chi connectivity index (χ1) is 9.61. The number of aryl methyl sites for hydroxylation is 1. The van der Waals surface area contributed by atoms with E-state index in [-0.39, 0.29) is 24.6 Å². The average Bonchev–Trinajstić information content (AvgIpc) is 2.86. The zero-order valence-electron chi connectivity index (χ0n) is 12.3. The van der Waals surface area contributed by atoms with Gasteiger partial charge in [-0.1, -0.05) is 24.3 Å². The topological polar surface area (TPSA) is 52.6 Å². The molecule has 0 bridgehead atoms. The minimum atomic E-state index is 0.0129. The van der Waals surface area contributed by atoms with E-state index in [1.165, 1.54) is 5.56 Å². The van der Waals surface area contributed by atoms with E-state index >= 15 is 0 Å². The van der Waals surface area contributed by atoms with Gasteiger partial charge in [-0.2, -0.15) is 0 Å². The Hall–Kier alpha value is -1.39. The lowest BCUT2D eigenvalue weighted by Crippen LogP contribution is -2.41. The molecule has 2 rings (SSSR count). The number of nitrogens with zero attached hydrogens (tertiary/aromatic N) is 1. The van der Waals surface area contributed by atoms with Gasteiger partial charge in [0.1, 0.15) is 0 Å². The second-order valence-corrected chi connectivity index (χ2v) is 5.59. The molecule has 110 valence electrons. The number of carbonyl (C=O) groups excluding carboxylic acids is 1. The monoisotopic (exact) mass is 276 g/mol. The van der Waals surface area contributed by atoms with Gasteiger partial charge in [-0.15, -0.1) is 0 Å². The fourth-order valence-electron chi connectivity index (χ4n) is 2.93. The number of nitrogens with one attached hydrogen (secondary N) is 1. The van der Waals surface area contributed by atoms with Crippen LogP contribution in [0, 0.1) is 6.92 Å². The molecule has 1 aromatic rings. The number of carbonyl (C=O) groups is 1. The van der Waals surface area contributed by atoms with Crippen LogP contribution in [-0.2, 0) is 4.79 Å². The smallest absolute Gasteiger partial charge is 0.234 e. The Morgan fingerprint density at radius 2 is 2.25 bits per heavy atom. The highest BCUT2D eigenvalue weighted by molar-refractivity contribution is 5.78. The number of amides is 1. The molecule has 0 saturated carbocycles. The second kappa shape index (κ2) is 6.86. The van der Waals surface area contributed by atoms with Gasteiger partial charge in [0.05, 0.1) is 19.2 Å². The van der Waals surface area contributed by atoms with Gasteiger partial charge < -0.3 is 10.4 Å². The second-order valence-electron chi connectivity index (χ2n) is 5.59. The van der Waals surface area contributed by atoms with E-state index in [9.17, 15) is 9.90 Å². The third-order valence-electron chi connectivity index (χ3n) is 4.09. The predicted molar refractivity (Wildman–Crippen MR) is 79.4 cm³/mol. The summed E-state index contributed by atoms with van der Waals surface area (Å²) in [6.07, 6.45) is 2.04. The SMILES string of the molecule is Cc1ccccc1C(C)NC(=O)CN1CCC[C@@H]1CO. The Morgan fingerprint density at radius 3 is 2.95 bits per heavy atom. The van der Waals surface area contributed by atoms with Crippen LogP contribution in [0.5, 0.6) is 0 Å². The van der Waals surface area contributed by atoms with Crippen molar-refractivity contribution in [2.75, 3.05) is 19.7 Å². The van der Waals surface area contributed by atoms with E-state index in [1.54, 1.807) is 0 Å². The van der Waals surface area contributed by atoms with Gasteiger partial charge in [0.15, 0.2) is 0 Å². The predicted octanol–water partition coefficient (Wildman–Crippen LogP) is 1.63. The molecule has 0 spiro atoms. The maximum Gasteiger partial charge on any atom is 0.234 e. The molecule has 0 aromatic heterocycles. The highest BCUT2D eigenvalue weighted by atomic mass is 16.3. The molecular weight excluding hydrogens is 252 g/mol. The van der Waals surface area contributed by atoms with Crippen LogP contribution >= 0.6 is 0 Å². The number of hydrogen-bond donors (Lipinski definition) is 2. The summed E-state index contributed by atoms with van der Waals surface area (Å²) in [6, 6.07) is 8.26. The highest BCUT2D eigenvalue weighted by Crippen LogP contribution is 2.18. The van der Waals surface area contributed by atoms with E-state index in [0.29, 0.717) is 6.54 Å². The Bertz CT molecular complexity index is 462. The summed E-state index contributed by atoms with van der Waals surface area (Å²) in [5, 5.41) is 12.3. The Balaban J connectivity index is 1.90. The molecule has 1 amide bonds. The van der Waals surface area contributed by atoms with Crippen LogP contribution in [0.4, 0.5) is 0 Å². The highest BCUT2D eigenvalue weighted by Gasteiger charge is 2.25. The molecule has 2 N–H and O–H groups in total. The van der Waals surface area contributed by atoms with Gasteiger partial charge >= 0.3 is 0 Å². The van der Waals surface area contributed by atoms with Crippen LogP contribution in [-0.4, -0.2) is 41.7 Å². The first kappa shape index (κ1) is 15.0. The lowest BCUT2D eigenvalue weighted by Gasteiger charge is -2.23. The van der Waals surface area contributed by atoms with Gasteiger partial charge in [0, 0.05) is 6.04 Å². The largest absolute Gasteiger partial charge is 0.395 e. The van der Waals surface area contributed by atoms with E-state index in [4.69, 9.17) is 0 Å². The van der Waals surface area contributed by atoms with E-state index in [0.717, 1.165) is 24.9 Å². The molecule has 1 fully saturated rings. The van der Waals surface area contributed by atoms with Gasteiger partial charge in [-0.05, 0) is 44.4 Å². The Morgan fingerprint density at radius 1 is 1.50 bits per heavy atom. The van der Waals surface area contributed by atoms with Gasteiger partial charge in [-0.3, -0.25) is 9.69 Å². The standard InChI is InChI=1S/C16H24N2O2/c1-12-6-3-4-8-15(12)13(2)17-16(20)10-18-9-5-7-14(18)11-19/h3-4,6,8,13-14,19H,5,7,9-11H2,1-2H3,(H,17,20)/t13?,14-/m1/s1. The van der Waals surface area contributed by atoms with Gasteiger partial charge in [0.2, 0.25) is 5.91 Å². The number of benzene rings is 1. The van der Waals surface area contributed by atoms with Crippen LogP contribution in [0.3, 0.4) is 0 Å². The summed E-state index contributed by atoms with van der Waals surface area (Å²) in [6.45, 7) is 5.48. The molecule has 1 aromatic carbocycles. The molecule has 4 heteroatoms. The molecule has 20 heavy (non-hydrogen) atoms. The van der Waals surface area contributed by atoms with Crippen molar-refractivity contribution >= 4 is 5.91 Å². The third-order valence-corrected chi connectivity index (χ3v) is 4.09. The van der Waals surface area contributed by atoms with Crippen molar-refractivity contribution in [3.63, 3.8) is 0 Å². The summed E-state index contributed by atoms with van der Waals surface area (Å²) < 4.78 is 0. The summed E-state index contributed by atoms with van der Waals surface area (Å²) in [7, 11) is 0. The lowest BCUT2D eigenvalue weighted by molar-refractivity contribution is -0.123. The molecule has 1 aliphatic rings. The third kappa shape index (κ3) is 3.58. The fraction of sp³-hybridized carbons (Fsp3) is 0.562. The van der Waals surface area contributed by atoms with E-state index < -0.39 is 0 Å². The first-order valence-corrected chi connectivity index (χ1v) is 7.31. The number of aliphatic hydroxyl groups excluding tert-OH is 1. The van der Waals surface area contributed by atoms with E-state index in [2.05, 4.69) is 23.2 Å². The number of aliphatic hydroxyl groups is 1. The van der Waals surface area contributed by atoms with Crippen LogP contribution in [0.15, 0.2) is 24.3 Å². The fourth-order valence-corrected chi connectivity index (χ4v) is 2.93. The average molecular weight is 276 g/mol. The molecule has 1 heterocycles. The van der Waals surface area contributed by atoms with E-state index in [1.807, 2.05) is 25.1 Å². The van der Waals surface area contributed by atoms with Crippen molar-refractivity contribution < 1.29 is 9.90 Å². The molecule has 1 aliphatic heterocycles. The summed E-state index contributed by atoms with van der Waals surface area (Å²) >= 11 is 0. The van der Waals surface area contributed by atoms with Crippen LogP contribution in [0.25, 0.3) is 0 Å². The van der Waals surface area contributed by atoms with Crippen molar-refractivity contribution in [2.24, 2.45) is 0 Å². The molecule has 0 aliphatic carbocycles. The quantitative estimate of drug-likeness (QED) is 0.859. The molecule has 1 unspecified atom stereocenters. The minimum Gasteiger partial charge on any atom is -0.395 e. The molecule has 4 nitrogen and oxygen atoms in total. The first-order valence-electron chi connectivity index (χ1n) is 7.31. The van der Waals surface area contributed by atoms with Crippen molar-refractivity contribution in [1.82, 2.24) is 10.2 Å². The van der Waals surface area contributed by atoms with Crippen LogP contribution in [0.2, 0.25) is 0 Å². The zero-order chi connectivity index (χ0) is 14.5. The molecule has 2 atom stereocenters. The van der Waals surface area contributed by atoms with Crippen LogP contribution < -0.4 is 5.32 Å². The number of rotatable bonds is 5. The molecule has 0 radical (unpaired) electrons. The molecule has 1 saturated heterocycles. The number of likely N-dealkylation sites (tertiary alicyclic amines) is 1. The molecular formula is C16H24N2O2. The summed E-state index contributed by atoms with van der Waals surface area (Å²) in [5.41, 5.74) is 2.34. The van der Waals surface area contributed by atoms with Gasteiger partial charge in [-0.25, -0.2) is 0 Å². The minimum absolute atomic E-state index is 0.0129. The summed E-state index contributed by atoms with van der Waals surface area (Å²) in [5.74, 6) is 0.0288. The van der Waals surface area contributed by atoms with Crippen molar-refractivity contribution in [1.29, 1.82) is 0 Å². The Kier molecular flexibility index (Phi) is 5.15. The summed E-state index contributed by atoms with van der Waals surface area (Å²) in [4.78, 5) is 14.2. The normalized spacial score (nSPS) is 20.9. The Labute approximate surface area is 120 Å². The van der Waals surface area contributed by atoms with Crippen molar-refractivity contribution in [3.8, 4) is 0 Å². The van der Waals surface area contributed by atoms with Crippen molar-refractivity contribution in [2.45, 2.75) is 38.8 Å². The van der Waals surface area contributed by atoms with Crippen LogP contribution in [0.1, 0.15) is 36.9 Å². The maximum absolute atomic E-state index is 12.1. The zero-order valence-corrected chi connectivity index (χ0v) is 12.3. The lowest BCUT2D eigenvalue weighted by atomic mass is 10.0.